The number of nitrogens with zero attached hydrogens (tertiary/aromatic N) is 1. The molecule has 1 N–H and O–H groups in total. The Balaban J connectivity index is 1.63. The number of hydrogen-bond donors (Lipinski definition) is 1. The molecule has 136 valence electrons. The summed E-state index contributed by atoms with van der Waals surface area (Å²) in [6.07, 6.45) is 0.306. The quantitative estimate of drug-likeness (QED) is 0.788. The number of ketones is 1. The molecule has 1 fully saturated rings. The minimum Gasteiger partial charge on any atom is -0.312 e. The molecular weight excluding hydrogens is 352 g/mol. The second-order valence-corrected chi connectivity index (χ2v) is 8.11. The van der Waals surface area contributed by atoms with Crippen LogP contribution in [-0.4, -0.2) is 33.2 Å². The van der Waals surface area contributed by atoms with Crippen LogP contribution in [-0.2, 0) is 14.8 Å². The number of Topliss-reactive ketones (excluding diaryl/α,β-unsaturated/α-hetero) is 1. The van der Waals surface area contributed by atoms with Crippen LogP contribution in [0.5, 0.6) is 0 Å². The Morgan fingerprint density at radius 3 is 2.38 bits per heavy atom. The molecule has 3 rings (SSSR count). The van der Waals surface area contributed by atoms with Gasteiger partial charge in [-0.15, -0.1) is 0 Å². The molecule has 0 aromatic heterocycles. The predicted molar refractivity (Wildman–Crippen MR) is 98.5 cm³/mol. The maximum atomic E-state index is 12.4. The number of carbonyl (C=O) groups excluding carboxylic acids is 2. The van der Waals surface area contributed by atoms with E-state index in [-0.39, 0.29) is 29.0 Å². The Kier molecular flexibility index (Phi) is 5.20. The van der Waals surface area contributed by atoms with Gasteiger partial charge >= 0.3 is 0 Å². The predicted octanol–water partition coefficient (Wildman–Crippen LogP) is 2.22. The maximum absolute atomic E-state index is 12.4. The molecule has 7 heteroatoms. The Morgan fingerprint density at radius 1 is 1.12 bits per heavy atom. The lowest BCUT2D eigenvalue weighted by Crippen LogP contribution is -2.31. The second kappa shape index (κ2) is 7.39. The molecule has 1 unspecified atom stereocenters. The number of amides is 1. The van der Waals surface area contributed by atoms with Crippen molar-refractivity contribution in [2.75, 3.05) is 18.0 Å². The van der Waals surface area contributed by atoms with E-state index in [2.05, 4.69) is 4.72 Å². The zero-order chi connectivity index (χ0) is 18.7. The topological polar surface area (TPSA) is 83.5 Å². The summed E-state index contributed by atoms with van der Waals surface area (Å²) in [6.45, 7) is 2.10. The van der Waals surface area contributed by atoms with Gasteiger partial charge in [-0.25, -0.2) is 13.1 Å². The lowest BCUT2D eigenvalue weighted by Gasteiger charge is -2.17. The van der Waals surface area contributed by atoms with Crippen LogP contribution < -0.4 is 9.62 Å². The molecule has 0 saturated carbocycles. The van der Waals surface area contributed by atoms with Crippen LogP contribution in [0.2, 0.25) is 0 Å². The number of hydrogen-bond acceptors (Lipinski definition) is 4. The first-order valence-electron chi connectivity index (χ1n) is 8.33. The van der Waals surface area contributed by atoms with Crippen molar-refractivity contribution in [1.29, 1.82) is 0 Å². The van der Waals surface area contributed by atoms with Crippen LogP contribution in [0.3, 0.4) is 0 Å². The van der Waals surface area contributed by atoms with Crippen molar-refractivity contribution in [3.63, 3.8) is 0 Å². The van der Waals surface area contributed by atoms with Crippen LogP contribution in [0, 0.1) is 5.92 Å². The number of sulfonamides is 1. The molecule has 26 heavy (non-hydrogen) atoms. The average Bonchev–Trinajstić information content (AvgIpc) is 3.02. The van der Waals surface area contributed by atoms with Gasteiger partial charge in [0.2, 0.25) is 15.9 Å². The molecule has 1 aliphatic heterocycles. The highest BCUT2D eigenvalue weighted by atomic mass is 32.2. The van der Waals surface area contributed by atoms with E-state index in [1.54, 1.807) is 4.90 Å². The van der Waals surface area contributed by atoms with E-state index in [4.69, 9.17) is 0 Å². The fourth-order valence-corrected chi connectivity index (χ4v) is 4.07. The number of nitrogens with one attached hydrogen (secondary N) is 1. The molecule has 2 aromatic carbocycles. The van der Waals surface area contributed by atoms with Crippen LogP contribution in [0.4, 0.5) is 5.69 Å². The average molecular weight is 372 g/mol. The molecule has 0 bridgehead atoms. The molecule has 6 nitrogen and oxygen atoms in total. The first kappa shape index (κ1) is 18.3. The molecule has 0 radical (unpaired) electrons. The van der Waals surface area contributed by atoms with Gasteiger partial charge in [0.05, 0.1) is 4.90 Å². The number of rotatable bonds is 6. The summed E-state index contributed by atoms with van der Waals surface area (Å²) in [4.78, 5) is 25.3. The molecule has 1 aliphatic rings. The highest BCUT2D eigenvalue weighted by Gasteiger charge is 2.31. The van der Waals surface area contributed by atoms with E-state index in [1.165, 1.54) is 31.2 Å². The third-order valence-corrected chi connectivity index (χ3v) is 5.85. The van der Waals surface area contributed by atoms with Gasteiger partial charge in [-0.3, -0.25) is 9.59 Å². The number of benzene rings is 2. The molecular formula is C19H20N2O4S. The Hall–Kier alpha value is -2.51. The molecule has 2 aromatic rings. The zero-order valence-corrected chi connectivity index (χ0v) is 15.2. The van der Waals surface area contributed by atoms with E-state index in [9.17, 15) is 18.0 Å². The second-order valence-electron chi connectivity index (χ2n) is 6.34. The highest BCUT2D eigenvalue weighted by Crippen LogP contribution is 2.24. The summed E-state index contributed by atoms with van der Waals surface area (Å²) < 4.78 is 27.4. The molecule has 0 spiro atoms. The SMILES string of the molecule is CC(=O)c1ccc(S(=O)(=O)NCC2CC(=O)N(c3ccccc3)C2)cc1. The van der Waals surface area contributed by atoms with Gasteiger partial charge in [0.1, 0.15) is 0 Å². The number of anilines is 1. The van der Waals surface area contributed by atoms with E-state index in [0.29, 0.717) is 18.5 Å². The largest absolute Gasteiger partial charge is 0.312 e. The summed E-state index contributed by atoms with van der Waals surface area (Å²) in [5.41, 5.74) is 1.28. The molecule has 1 saturated heterocycles. The molecule has 0 aliphatic carbocycles. The van der Waals surface area contributed by atoms with E-state index < -0.39 is 10.0 Å². The first-order valence-corrected chi connectivity index (χ1v) is 9.81. The van der Waals surface area contributed by atoms with E-state index >= 15 is 0 Å². The number of carbonyl (C=O) groups is 2. The van der Waals surface area contributed by atoms with Crippen molar-refractivity contribution in [3.8, 4) is 0 Å². The Morgan fingerprint density at radius 2 is 1.77 bits per heavy atom. The third kappa shape index (κ3) is 4.00. The van der Waals surface area contributed by atoms with Crippen molar-refractivity contribution in [2.24, 2.45) is 5.92 Å². The van der Waals surface area contributed by atoms with Crippen LogP contribution >= 0.6 is 0 Å². The minimum absolute atomic E-state index is 0.00814. The van der Waals surface area contributed by atoms with Gasteiger partial charge in [0, 0.05) is 30.8 Å². The highest BCUT2D eigenvalue weighted by molar-refractivity contribution is 7.89. The summed E-state index contributed by atoms with van der Waals surface area (Å²) in [6, 6.07) is 15.1. The maximum Gasteiger partial charge on any atom is 0.240 e. The monoisotopic (exact) mass is 372 g/mol. The Labute approximate surface area is 152 Å². The lowest BCUT2D eigenvalue weighted by molar-refractivity contribution is -0.117. The molecule has 1 amide bonds. The van der Waals surface area contributed by atoms with Crippen molar-refractivity contribution < 1.29 is 18.0 Å². The minimum atomic E-state index is -3.68. The molecule has 1 atom stereocenters. The standard InChI is InChI=1S/C19H20N2O4S/c1-14(22)16-7-9-18(10-8-16)26(24,25)20-12-15-11-19(23)21(13-15)17-5-3-2-4-6-17/h2-10,15,20H,11-13H2,1H3. The molecule has 1 heterocycles. The third-order valence-electron chi connectivity index (χ3n) is 4.41. The summed E-state index contributed by atoms with van der Waals surface area (Å²) in [5, 5.41) is 0. The lowest BCUT2D eigenvalue weighted by atomic mass is 10.1. The van der Waals surface area contributed by atoms with Crippen LogP contribution in [0.15, 0.2) is 59.5 Å². The normalized spacial score (nSPS) is 17.5. The van der Waals surface area contributed by atoms with Crippen molar-refractivity contribution in [1.82, 2.24) is 4.72 Å². The van der Waals surface area contributed by atoms with Gasteiger partial charge < -0.3 is 4.90 Å². The van der Waals surface area contributed by atoms with Crippen LogP contribution in [0.1, 0.15) is 23.7 Å². The first-order chi connectivity index (χ1) is 12.4. The fourth-order valence-electron chi connectivity index (χ4n) is 2.96. The van der Waals surface area contributed by atoms with Gasteiger partial charge in [0.15, 0.2) is 5.78 Å². The summed E-state index contributed by atoms with van der Waals surface area (Å²) >= 11 is 0. The van der Waals surface area contributed by atoms with Gasteiger partial charge in [-0.05, 0) is 37.1 Å². The van der Waals surface area contributed by atoms with E-state index in [1.807, 2.05) is 30.3 Å². The van der Waals surface area contributed by atoms with Crippen molar-refractivity contribution >= 4 is 27.4 Å². The van der Waals surface area contributed by atoms with Gasteiger partial charge in [-0.2, -0.15) is 0 Å². The van der Waals surface area contributed by atoms with Crippen molar-refractivity contribution in [3.05, 3.63) is 60.2 Å². The van der Waals surface area contributed by atoms with Crippen molar-refractivity contribution in [2.45, 2.75) is 18.2 Å². The van der Waals surface area contributed by atoms with Crippen LogP contribution in [0.25, 0.3) is 0 Å². The summed E-state index contributed by atoms with van der Waals surface area (Å²) in [7, 11) is -3.68. The van der Waals surface area contributed by atoms with Gasteiger partial charge in [-0.1, -0.05) is 30.3 Å². The number of para-hydroxylation sites is 1. The fraction of sp³-hybridized carbons (Fsp3) is 0.263. The summed E-state index contributed by atoms with van der Waals surface area (Å²) in [5.74, 6) is -0.215. The smallest absolute Gasteiger partial charge is 0.240 e. The zero-order valence-electron chi connectivity index (χ0n) is 14.4. The van der Waals surface area contributed by atoms with E-state index in [0.717, 1.165) is 5.69 Å². The van der Waals surface area contributed by atoms with Gasteiger partial charge in [0.25, 0.3) is 0 Å². The Bertz CT molecular complexity index is 908.